The first-order valence-electron chi connectivity index (χ1n) is 10.9. The molecule has 0 aromatic carbocycles. The third-order valence-electron chi connectivity index (χ3n) is 4.47. The highest BCUT2D eigenvalue weighted by Crippen LogP contribution is 2.11. The van der Waals surface area contributed by atoms with Crippen molar-refractivity contribution in [3.8, 4) is 11.8 Å². The van der Waals surface area contributed by atoms with E-state index in [-0.39, 0.29) is 18.0 Å². The van der Waals surface area contributed by atoms with E-state index in [1.165, 1.54) is 19.3 Å². The van der Waals surface area contributed by atoms with E-state index in [0.717, 1.165) is 57.8 Å². The van der Waals surface area contributed by atoms with Crippen LogP contribution in [0.5, 0.6) is 0 Å². The summed E-state index contributed by atoms with van der Waals surface area (Å²) in [6, 6.07) is 0. The molecule has 0 rings (SSSR count). The summed E-state index contributed by atoms with van der Waals surface area (Å²) < 4.78 is 10.6. The monoisotopic (exact) mass is 380 g/mol. The molecular weight excluding hydrogens is 340 g/mol. The van der Waals surface area contributed by atoms with Crippen molar-refractivity contribution in [2.45, 2.75) is 117 Å². The molecule has 0 bridgehead atoms. The average Bonchev–Trinajstić information content (AvgIpc) is 2.66. The van der Waals surface area contributed by atoms with Gasteiger partial charge in [-0.25, -0.2) is 0 Å². The smallest absolute Gasteiger partial charge is 0.307 e. The zero-order valence-corrected chi connectivity index (χ0v) is 17.8. The van der Waals surface area contributed by atoms with Crippen molar-refractivity contribution < 1.29 is 19.1 Å². The Balaban J connectivity index is 3.42. The Bertz CT molecular complexity index is 433. The van der Waals surface area contributed by atoms with Crippen LogP contribution in [-0.2, 0) is 19.1 Å². The lowest BCUT2D eigenvalue weighted by atomic mass is 10.1. The first-order valence-corrected chi connectivity index (χ1v) is 10.9. The highest BCUT2D eigenvalue weighted by Gasteiger charge is 2.09. The normalized spacial score (nSPS) is 11.4. The largest absolute Gasteiger partial charge is 0.466 e. The van der Waals surface area contributed by atoms with Crippen LogP contribution in [-0.4, -0.2) is 24.6 Å². The maximum Gasteiger partial charge on any atom is 0.307 e. The van der Waals surface area contributed by atoms with Crippen molar-refractivity contribution in [3.63, 3.8) is 0 Å². The summed E-state index contributed by atoms with van der Waals surface area (Å²) in [5, 5.41) is 0. The van der Waals surface area contributed by atoms with Crippen molar-refractivity contribution in [1.29, 1.82) is 0 Å². The highest BCUT2D eigenvalue weighted by molar-refractivity contribution is 5.69. The van der Waals surface area contributed by atoms with Crippen LogP contribution in [0.4, 0.5) is 0 Å². The maximum atomic E-state index is 11.7. The van der Waals surface area contributed by atoms with Gasteiger partial charge in [-0.3, -0.25) is 9.59 Å². The summed E-state index contributed by atoms with van der Waals surface area (Å²) >= 11 is 0. The van der Waals surface area contributed by atoms with Gasteiger partial charge in [0, 0.05) is 12.8 Å². The molecule has 4 heteroatoms. The van der Waals surface area contributed by atoms with Gasteiger partial charge in [0.05, 0.1) is 6.61 Å². The highest BCUT2D eigenvalue weighted by atomic mass is 16.5. The standard InChI is InChI=1S/C23H40O4/c1-4-7-8-13-16-20-26-22(24)18-14-11-9-10-12-15-19-23(25)27-21(6-3)17-5-2/h21H,4,6-16,18-20H2,1-3H3. The molecule has 0 aliphatic rings. The zero-order valence-electron chi connectivity index (χ0n) is 17.8. The van der Waals surface area contributed by atoms with Crippen LogP contribution in [0, 0.1) is 11.8 Å². The molecule has 0 spiro atoms. The molecule has 0 aliphatic carbocycles. The zero-order chi connectivity index (χ0) is 20.2. The minimum atomic E-state index is -0.265. The van der Waals surface area contributed by atoms with Gasteiger partial charge >= 0.3 is 11.9 Å². The number of hydrogen-bond acceptors (Lipinski definition) is 4. The first kappa shape index (κ1) is 25.5. The predicted molar refractivity (Wildman–Crippen MR) is 110 cm³/mol. The Hall–Kier alpha value is -1.50. The number of hydrogen-bond donors (Lipinski definition) is 0. The molecule has 0 saturated heterocycles. The molecule has 0 saturated carbocycles. The summed E-state index contributed by atoms with van der Waals surface area (Å²) in [4.78, 5) is 23.3. The summed E-state index contributed by atoms with van der Waals surface area (Å²) in [5.41, 5.74) is 0. The molecule has 0 radical (unpaired) electrons. The summed E-state index contributed by atoms with van der Waals surface area (Å²) in [7, 11) is 0. The molecule has 1 atom stereocenters. The number of carbonyl (C=O) groups is 2. The number of unbranched alkanes of at least 4 members (excludes halogenated alkanes) is 9. The summed E-state index contributed by atoms with van der Waals surface area (Å²) in [5.74, 6) is 5.47. The van der Waals surface area contributed by atoms with Gasteiger partial charge < -0.3 is 9.47 Å². The minimum absolute atomic E-state index is 0.0612. The molecule has 0 amide bonds. The third-order valence-corrected chi connectivity index (χ3v) is 4.47. The lowest BCUT2D eigenvalue weighted by molar-refractivity contribution is -0.147. The minimum Gasteiger partial charge on any atom is -0.466 e. The molecule has 156 valence electrons. The van der Waals surface area contributed by atoms with Crippen molar-refractivity contribution in [3.05, 3.63) is 0 Å². The van der Waals surface area contributed by atoms with Crippen LogP contribution in [0.15, 0.2) is 0 Å². The quantitative estimate of drug-likeness (QED) is 0.177. The molecule has 4 nitrogen and oxygen atoms in total. The predicted octanol–water partition coefficient (Wildman–Crippen LogP) is 5.97. The van der Waals surface area contributed by atoms with Gasteiger partial charge in [0.25, 0.3) is 0 Å². The molecular formula is C23H40O4. The molecule has 0 heterocycles. The Morgan fingerprint density at radius 2 is 1.33 bits per heavy atom. The average molecular weight is 381 g/mol. The molecule has 0 N–H and O–H groups in total. The topological polar surface area (TPSA) is 52.6 Å². The van der Waals surface area contributed by atoms with E-state index in [2.05, 4.69) is 18.8 Å². The summed E-state index contributed by atoms with van der Waals surface area (Å²) in [6.07, 6.45) is 13.3. The second-order valence-corrected chi connectivity index (χ2v) is 7.04. The second-order valence-electron chi connectivity index (χ2n) is 7.04. The number of rotatable bonds is 17. The van der Waals surface area contributed by atoms with Gasteiger partial charge in [0.2, 0.25) is 0 Å². The third kappa shape index (κ3) is 17.7. The first-order chi connectivity index (χ1) is 13.1. The van der Waals surface area contributed by atoms with Crippen molar-refractivity contribution >= 4 is 11.9 Å². The Morgan fingerprint density at radius 3 is 1.93 bits per heavy atom. The fourth-order valence-corrected chi connectivity index (χ4v) is 2.80. The van der Waals surface area contributed by atoms with E-state index in [0.29, 0.717) is 19.4 Å². The van der Waals surface area contributed by atoms with Crippen LogP contribution in [0.3, 0.4) is 0 Å². The molecule has 1 unspecified atom stereocenters. The van der Waals surface area contributed by atoms with Gasteiger partial charge in [0.15, 0.2) is 6.10 Å². The lowest BCUT2D eigenvalue weighted by Gasteiger charge is -2.10. The van der Waals surface area contributed by atoms with E-state index in [1.54, 1.807) is 6.92 Å². The number of esters is 2. The fourth-order valence-electron chi connectivity index (χ4n) is 2.80. The van der Waals surface area contributed by atoms with Gasteiger partial charge in [-0.15, -0.1) is 5.92 Å². The molecule has 27 heavy (non-hydrogen) atoms. The van der Waals surface area contributed by atoms with Crippen molar-refractivity contribution in [2.75, 3.05) is 6.61 Å². The van der Waals surface area contributed by atoms with Crippen LogP contribution in [0.25, 0.3) is 0 Å². The van der Waals surface area contributed by atoms with Gasteiger partial charge in [0.1, 0.15) is 0 Å². The Labute approximate surface area is 166 Å². The van der Waals surface area contributed by atoms with Crippen LogP contribution in [0.1, 0.15) is 111 Å². The number of ether oxygens (including phenoxy) is 2. The van der Waals surface area contributed by atoms with Crippen molar-refractivity contribution in [1.82, 2.24) is 0 Å². The molecule has 0 aromatic rings. The van der Waals surface area contributed by atoms with E-state index in [1.807, 2.05) is 6.92 Å². The van der Waals surface area contributed by atoms with Gasteiger partial charge in [-0.1, -0.05) is 71.1 Å². The molecule has 0 fully saturated rings. The van der Waals surface area contributed by atoms with Crippen LogP contribution >= 0.6 is 0 Å². The second kappa shape index (κ2) is 19.3. The SMILES string of the molecule is CC#CC(CC)OC(=O)CCCCCCCCC(=O)OCCCCCCC. The molecule has 0 aromatic heterocycles. The van der Waals surface area contributed by atoms with Gasteiger partial charge in [-0.05, 0) is 32.6 Å². The van der Waals surface area contributed by atoms with E-state index < -0.39 is 0 Å². The molecule has 0 aliphatic heterocycles. The fraction of sp³-hybridized carbons (Fsp3) is 0.826. The maximum absolute atomic E-state index is 11.7. The van der Waals surface area contributed by atoms with Crippen LogP contribution in [0.2, 0.25) is 0 Å². The van der Waals surface area contributed by atoms with E-state index in [4.69, 9.17) is 9.47 Å². The van der Waals surface area contributed by atoms with E-state index in [9.17, 15) is 9.59 Å². The number of carbonyl (C=O) groups excluding carboxylic acids is 2. The van der Waals surface area contributed by atoms with E-state index >= 15 is 0 Å². The van der Waals surface area contributed by atoms with Crippen LogP contribution < -0.4 is 0 Å². The Kier molecular flexibility index (Phi) is 18.2. The van der Waals surface area contributed by atoms with Gasteiger partial charge in [-0.2, -0.15) is 0 Å². The van der Waals surface area contributed by atoms with Crippen molar-refractivity contribution in [2.24, 2.45) is 0 Å². The Morgan fingerprint density at radius 1 is 0.778 bits per heavy atom. The lowest BCUT2D eigenvalue weighted by Crippen LogP contribution is -2.15. The summed E-state index contributed by atoms with van der Waals surface area (Å²) in [6.45, 7) is 6.48.